The lowest BCUT2D eigenvalue weighted by molar-refractivity contribution is 0.171. The maximum absolute atomic E-state index is 6.27. The molecule has 21 heavy (non-hydrogen) atoms. The van der Waals surface area contributed by atoms with E-state index in [4.69, 9.17) is 21.1 Å². The molecule has 114 valence electrons. The van der Waals surface area contributed by atoms with E-state index in [1.165, 1.54) is 32.4 Å². The summed E-state index contributed by atoms with van der Waals surface area (Å²) in [5, 5.41) is 4.30. The van der Waals surface area contributed by atoms with Crippen LogP contribution in [0.4, 0.5) is 0 Å². The van der Waals surface area contributed by atoms with Crippen molar-refractivity contribution in [2.24, 2.45) is 0 Å². The van der Waals surface area contributed by atoms with Gasteiger partial charge in [0.1, 0.15) is 13.2 Å². The van der Waals surface area contributed by atoms with Crippen LogP contribution in [-0.2, 0) is 6.54 Å². The van der Waals surface area contributed by atoms with Crippen LogP contribution in [0.15, 0.2) is 12.1 Å². The van der Waals surface area contributed by atoms with E-state index in [-0.39, 0.29) is 0 Å². The van der Waals surface area contributed by atoms with E-state index in [1.807, 2.05) is 12.1 Å². The minimum atomic E-state index is 0.573. The van der Waals surface area contributed by atoms with Gasteiger partial charge in [-0.2, -0.15) is 0 Å². The molecule has 1 unspecified atom stereocenters. The van der Waals surface area contributed by atoms with E-state index < -0.39 is 0 Å². The van der Waals surface area contributed by atoms with E-state index in [9.17, 15) is 0 Å². The van der Waals surface area contributed by atoms with E-state index in [0.29, 0.717) is 30.0 Å². The van der Waals surface area contributed by atoms with E-state index >= 15 is 0 Å². The van der Waals surface area contributed by atoms with Gasteiger partial charge in [0.05, 0.1) is 5.02 Å². The molecule has 1 saturated heterocycles. The molecular weight excluding hydrogens is 288 g/mol. The first-order chi connectivity index (χ1) is 10.3. The van der Waals surface area contributed by atoms with Crippen LogP contribution in [-0.4, -0.2) is 43.3 Å². The number of halogens is 1. The number of rotatable bonds is 4. The summed E-state index contributed by atoms with van der Waals surface area (Å²) in [6, 6.07) is 5.49. The monoisotopic (exact) mass is 308 g/mol. The molecule has 0 amide bonds. The van der Waals surface area contributed by atoms with Crippen molar-refractivity contribution in [2.75, 3.05) is 26.3 Å². The zero-order chi connectivity index (χ0) is 14.2. The van der Waals surface area contributed by atoms with Crippen molar-refractivity contribution in [2.45, 2.75) is 37.9 Å². The molecular formula is C16H21ClN2O2. The third kappa shape index (κ3) is 2.98. The average molecular weight is 309 g/mol. The van der Waals surface area contributed by atoms with Crippen molar-refractivity contribution in [3.63, 3.8) is 0 Å². The van der Waals surface area contributed by atoms with Gasteiger partial charge in [-0.3, -0.25) is 4.90 Å². The van der Waals surface area contributed by atoms with Gasteiger partial charge in [0.2, 0.25) is 0 Å². The second-order valence-corrected chi connectivity index (χ2v) is 6.60. The Balaban J connectivity index is 1.37. The van der Waals surface area contributed by atoms with Gasteiger partial charge in [-0.25, -0.2) is 0 Å². The quantitative estimate of drug-likeness (QED) is 0.926. The summed E-state index contributed by atoms with van der Waals surface area (Å²) in [5.41, 5.74) is 1.16. The molecule has 3 aliphatic rings. The van der Waals surface area contributed by atoms with Crippen LogP contribution in [0.1, 0.15) is 24.8 Å². The summed E-state index contributed by atoms with van der Waals surface area (Å²) < 4.78 is 11.2. The van der Waals surface area contributed by atoms with Crippen LogP contribution in [0.5, 0.6) is 11.5 Å². The van der Waals surface area contributed by atoms with Gasteiger partial charge in [0.25, 0.3) is 0 Å². The molecule has 2 fully saturated rings. The smallest absolute Gasteiger partial charge is 0.179 e. The van der Waals surface area contributed by atoms with Crippen molar-refractivity contribution in [1.29, 1.82) is 0 Å². The third-order valence-corrected chi connectivity index (χ3v) is 4.82. The molecule has 1 N–H and O–H groups in total. The summed E-state index contributed by atoms with van der Waals surface area (Å²) in [5.74, 6) is 1.46. The number of fused-ring (bicyclic) bond motifs is 1. The van der Waals surface area contributed by atoms with Crippen LogP contribution >= 0.6 is 11.6 Å². The fraction of sp³-hybridized carbons (Fsp3) is 0.625. The lowest BCUT2D eigenvalue weighted by Crippen LogP contribution is -2.32. The SMILES string of the molecule is Clc1cc(CNC2CCN(C3CC3)C2)cc2c1OCCO2. The predicted octanol–water partition coefficient (Wildman–Crippen LogP) is 2.44. The van der Waals surface area contributed by atoms with Gasteiger partial charge in [0.15, 0.2) is 11.5 Å². The van der Waals surface area contributed by atoms with Gasteiger partial charge < -0.3 is 14.8 Å². The highest BCUT2D eigenvalue weighted by Gasteiger charge is 2.34. The molecule has 0 radical (unpaired) electrons. The van der Waals surface area contributed by atoms with Crippen molar-refractivity contribution in [3.8, 4) is 11.5 Å². The Morgan fingerprint density at radius 1 is 1.19 bits per heavy atom. The maximum atomic E-state index is 6.27. The molecule has 1 aromatic carbocycles. The molecule has 0 spiro atoms. The molecule has 1 atom stereocenters. The highest BCUT2D eigenvalue weighted by atomic mass is 35.5. The zero-order valence-electron chi connectivity index (χ0n) is 12.1. The highest BCUT2D eigenvalue weighted by Crippen LogP contribution is 2.38. The number of hydrogen-bond donors (Lipinski definition) is 1. The number of hydrogen-bond acceptors (Lipinski definition) is 4. The van der Waals surface area contributed by atoms with Crippen molar-refractivity contribution >= 4 is 11.6 Å². The minimum absolute atomic E-state index is 0.573. The molecule has 1 aromatic rings. The first kappa shape index (κ1) is 13.7. The average Bonchev–Trinajstić information content (AvgIpc) is 3.24. The van der Waals surface area contributed by atoms with Crippen LogP contribution in [0.2, 0.25) is 5.02 Å². The van der Waals surface area contributed by atoms with Crippen LogP contribution < -0.4 is 14.8 Å². The van der Waals surface area contributed by atoms with Gasteiger partial charge >= 0.3 is 0 Å². The van der Waals surface area contributed by atoms with E-state index in [1.54, 1.807) is 0 Å². The fourth-order valence-corrected chi connectivity index (χ4v) is 3.54. The molecule has 5 heteroatoms. The molecule has 4 rings (SSSR count). The largest absolute Gasteiger partial charge is 0.486 e. The Labute approximate surface area is 130 Å². The van der Waals surface area contributed by atoms with Gasteiger partial charge in [-0.15, -0.1) is 0 Å². The van der Waals surface area contributed by atoms with Crippen LogP contribution in [0.25, 0.3) is 0 Å². The lowest BCUT2D eigenvalue weighted by Gasteiger charge is -2.21. The van der Waals surface area contributed by atoms with E-state index in [2.05, 4.69) is 10.2 Å². The number of ether oxygens (including phenoxy) is 2. The number of likely N-dealkylation sites (tertiary alicyclic amines) is 1. The second-order valence-electron chi connectivity index (χ2n) is 6.19. The van der Waals surface area contributed by atoms with E-state index in [0.717, 1.165) is 23.9 Å². The van der Waals surface area contributed by atoms with Crippen molar-refractivity contribution < 1.29 is 9.47 Å². The van der Waals surface area contributed by atoms with Gasteiger partial charge in [-0.1, -0.05) is 11.6 Å². The van der Waals surface area contributed by atoms with Gasteiger partial charge in [0, 0.05) is 31.7 Å². The molecule has 1 aliphatic carbocycles. The Bertz CT molecular complexity index is 533. The summed E-state index contributed by atoms with van der Waals surface area (Å²) in [4.78, 5) is 2.62. The minimum Gasteiger partial charge on any atom is -0.486 e. The molecule has 4 nitrogen and oxygen atoms in total. The lowest BCUT2D eigenvalue weighted by atomic mass is 10.1. The summed E-state index contributed by atoms with van der Waals surface area (Å²) >= 11 is 6.27. The first-order valence-corrected chi connectivity index (χ1v) is 8.23. The third-order valence-electron chi connectivity index (χ3n) is 4.53. The fourth-order valence-electron chi connectivity index (χ4n) is 3.25. The maximum Gasteiger partial charge on any atom is 0.179 e. The standard InChI is InChI=1S/C16H21ClN2O2/c17-14-7-11(8-15-16(14)21-6-5-20-15)9-18-12-3-4-19(10-12)13-1-2-13/h7-8,12-13,18H,1-6,9-10H2. The molecule has 0 aromatic heterocycles. The Morgan fingerprint density at radius 3 is 2.90 bits per heavy atom. The first-order valence-electron chi connectivity index (χ1n) is 7.85. The second kappa shape index (κ2) is 5.67. The molecule has 2 aliphatic heterocycles. The summed E-state index contributed by atoms with van der Waals surface area (Å²) in [7, 11) is 0. The zero-order valence-corrected chi connectivity index (χ0v) is 12.9. The Morgan fingerprint density at radius 2 is 2.05 bits per heavy atom. The molecule has 0 bridgehead atoms. The number of nitrogens with zero attached hydrogens (tertiary/aromatic N) is 1. The van der Waals surface area contributed by atoms with Crippen molar-refractivity contribution in [3.05, 3.63) is 22.7 Å². The Hall–Kier alpha value is -0.970. The highest BCUT2D eigenvalue weighted by molar-refractivity contribution is 6.32. The predicted molar refractivity (Wildman–Crippen MR) is 82.3 cm³/mol. The number of benzene rings is 1. The normalized spacial score (nSPS) is 25.3. The van der Waals surface area contributed by atoms with Crippen LogP contribution in [0, 0.1) is 0 Å². The molecule has 2 heterocycles. The summed E-state index contributed by atoms with van der Waals surface area (Å²) in [6.45, 7) is 4.43. The van der Waals surface area contributed by atoms with Crippen molar-refractivity contribution in [1.82, 2.24) is 10.2 Å². The molecule has 1 saturated carbocycles. The summed E-state index contributed by atoms with van der Waals surface area (Å²) in [6.07, 6.45) is 4.03. The van der Waals surface area contributed by atoms with Crippen LogP contribution in [0.3, 0.4) is 0 Å². The topological polar surface area (TPSA) is 33.7 Å². The van der Waals surface area contributed by atoms with Gasteiger partial charge in [-0.05, 0) is 37.0 Å². The Kier molecular flexibility index (Phi) is 3.69. The number of nitrogens with one attached hydrogen (secondary N) is 1.